The maximum atomic E-state index is 13.0. The lowest BCUT2D eigenvalue weighted by atomic mass is 9.78. The molecule has 4 atom stereocenters. The van der Waals surface area contributed by atoms with Crippen molar-refractivity contribution in [2.75, 3.05) is 31.1 Å². The van der Waals surface area contributed by atoms with Gasteiger partial charge in [0.1, 0.15) is 0 Å². The summed E-state index contributed by atoms with van der Waals surface area (Å²) in [5, 5.41) is 9.55. The molecule has 7 heteroatoms. The molecule has 7 nitrogen and oxygen atoms in total. The predicted octanol–water partition coefficient (Wildman–Crippen LogP) is 0.872. The predicted molar refractivity (Wildman–Crippen MR) is 86.3 cm³/mol. The molecule has 2 saturated carbocycles. The van der Waals surface area contributed by atoms with Crippen LogP contribution in [0.2, 0.25) is 0 Å². The molecule has 4 rings (SSSR count). The average molecular weight is 330 g/mol. The van der Waals surface area contributed by atoms with Gasteiger partial charge < -0.3 is 14.9 Å². The smallest absolute Gasteiger partial charge is 0.307 e. The fraction of sp³-hybridized carbons (Fsp3) is 0.647. The lowest BCUT2D eigenvalue weighted by Gasteiger charge is -2.38. The van der Waals surface area contributed by atoms with Gasteiger partial charge in [-0.1, -0.05) is 0 Å². The first-order valence-electron chi connectivity index (χ1n) is 8.68. The number of hydrogen-bond donors (Lipinski definition) is 1. The summed E-state index contributed by atoms with van der Waals surface area (Å²) in [5.41, 5.74) is 0. The largest absolute Gasteiger partial charge is 0.481 e. The molecule has 3 fully saturated rings. The molecule has 0 aromatic carbocycles. The van der Waals surface area contributed by atoms with Crippen molar-refractivity contribution in [3.8, 4) is 0 Å². The van der Waals surface area contributed by atoms with Gasteiger partial charge in [0.15, 0.2) is 0 Å². The van der Waals surface area contributed by atoms with Crippen molar-refractivity contribution in [3.63, 3.8) is 0 Å². The molecule has 1 aromatic heterocycles. The summed E-state index contributed by atoms with van der Waals surface area (Å²) in [7, 11) is 0. The fourth-order valence-corrected chi connectivity index (χ4v) is 4.79. The Kier molecular flexibility index (Phi) is 3.86. The Morgan fingerprint density at radius 2 is 1.62 bits per heavy atom. The number of fused-ring (bicyclic) bond motifs is 2. The topological polar surface area (TPSA) is 86.6 Å². The van der Waals surface area contributed by atoms with Crippen LogP contribution in [0.1, 0.15) is 19.3 Å². The van der Waals surface area contributed by atoms with Gasteiger partial charge in [-0.2, -0.15) is 0 Å². The Bertz CT molecular complexity index is 630. The van der Waals surface area contributed by atoms with Crippen molar-refractivity contribution >= 4 is 17.8 Å². The third kappa shape index (κ3) is 2.52. The second-order valence-electron chi connectivity index (χ2n) is 7.08. The van der Waals surface area contributed by atoms with Gasteiger partial charge in [-0.15, -0.1) is 0 Å². The van der Waals surface area contributed by atoms with E-state index in [4.69, 9.17) is 0 Å². The van der Waals surface area contributed by atoms with E-state index in [0.29, 0.717) is 32.1 Å². The second-order valence-corrected chi connectivity index (χ2v) is 7.08. The summed E-state index contributed by atoms with van der Waals surface area (Å²) in [6.07, 6.45) is 6.30. The molecule has 1 N–H and O–H groups in total. The summed E-state index contributed by atoms with van der Waals surface area (Å²) in [6.45, 7) is 2.59. The molecule has 128 valence electrons. The third-order valence-corrected chi connectivity index (χ3v) is 5.91. The minimum absolute atomic E-state index is 0.0447. The second kappa shape index (κ2) is 6.03. The minimum atomic E-state index is -0.795. The molecule has 1 saturated heterocycles. The molecule has 1 aliphatic heterocycles. The van der Waals surface area contributed by atoms with Gasteiger partial charge in [-0.3, -0.25) is 9.59 Å². The van der Waals surface area contributed by atoms with Crippen molar-refractivity contribution in [1.29, 1.82) is 0 Å². The molecule has 2 bridgehead atoms. The number of piperazine rings is 1. The van der Waals surface area contributed by atoms with Crippen molar-refractivity contribution in [2.24, 2.45) is 23.7 Å². The first kappa shape index (κ1) is 15.4. The van der Waals surface area contributed by atoms with E-state index in [1.54, 1.807) is 18.5 Å². The number of aliphatic carboxylic acids is 1. The van der Waals surface area contributed by atoms with E-state index < -0.39 is 11.9 Å². The van der Waals surface area contributed by atoms with E-state index in [1.165, 1.54) is 0 Å². The summed E-state index contributed by atoms with van der Waals surface area (Å²) in [4.78, 5) is 37.0. The highest BCUT2D eigenvalue weighted by Gasteiger charge is 2.54. The lowest BCUT2D eigenvalue weighted by Crippen LogP contribution is -2.52. The van der Waals surface area contributed by atoms with Gasteiger partial charge in [0.05, 0.1) is 11.8 Å². The van der Waals surface area contributed by atoms with Gasteiger partial charge in [-0.25, -0.2) is 9.97 Å². The van der Waals surface area contributed by atoms with Gasteiger partial charge in [0.2, 0.25) is 11.9 Å². The quantitative estimate of drug-likeness (QED) is 0.885. The van der Waals surface area contributed by atoms with Crippen LogP contribution in [-0.2, 0) is 9.59 Å². The number of rotatable bonds is 3. The first-order valence-corrected chi connectivity index (χ1v) is 8.68. The van der Waals surface area contributed by atoms with Crippen LogP contribution in [0.4, 0.5) is 5.95 Å². The minimum Gasteiger partial charge on any atom is -0.481 e. The highest BCUT2D eigenvalue weighted by Crippen LogP contribution is 2.53. The van der Waals surface area contributed by atoms with E-state index >= 15 is 0 Å². The molecular weight excluding hydrogens is 308 g/mol. The number of carbonyl (C=O) groups is 2. The van der Waals surface area contributed by atoms with Crippen LogP contribution in [0.25, 0.3) is 0 Å². The van der Waals surface area contributed by atoms with Gasteiger partial charge in [0.25, 0.3) is 0 Å². The van der Waals surface area contributed by atoms with Gasteiger partial charge in [0, 0.05) is 38.6 Å². The molecule has 2 aliphatic carbocycles. The third-order valence-electron chi connectivity index (χ3n) is 5.91. The number of carboxylic acid groups (broad SMARTS) is 1. The summed E-state index contributed by atoms with van der Waals surface area (Å²) < 4.78 is 0. The van der Waals surface area contributed by atoms with Crippen LogP contribution in [0.5, 0.6) is 0 Å². The van der Waals surface area contributed by atoms with E-state index in [9.17, 15) is 14.7 Å². The van der Waals surface area contributed by atoms with Gasteiger partial charge in [-0.05, 0) is 37.2 Å². The number of amides is 1. The van der Waals surface area contributed by atoms with Crippen molar-refractivity contribution in [2.45, 2.75) is 19.3 Å². The number of nitrogens with zero attached hydrogens (tertiary/aromatic N) is 4. The summed E-state index contributed by atoms with van der Waals surface area (Å²) in [6, 6.07) is 1.78. The zero-order valence-corrected chi connectivity index (χ0v) is 13.5. The molecule has 1 amide bonds. The Labute approximate surface area is 140 Å². The normalized spacial score (nSPS) is 32.2. The van der Waals surface area contributed by atoms with Gasteiger partial charge >= 0.3 is 5.97 Å². The van der Waals surface area contributed by atoms with E-state index in [1.807, 2.05) is 4.90 Å². The van der Waals surface area contributed by atoms with Crippen LogP contribution in [-0.4, -0.2) is 58.0 Å². The monoisotopic (exact) mass is 330 g/mol. The number of carboxylic acids is 1. The van der Waals surface area contributed by atoms with Crippen LogP contribution in [0, 0.1) is 23.7 Å². The number of hydrogen-bond acceptors (Lipinski definition) is 5. The fourth-order valence-electron chi connectivity index (χ4n) is 4.79. The van der Waals surface area contributed by atoms with Crippen LogP contribution in [0.3, 0.4) is 0 Å². The molecule has 0 radical (unpaired) electrons. The van der Waals surface area contributed by atoms with E-state index in [0.717, 1.165) is 19.3 Å². The average Bonchev–Trinajstić information content (AvgIpc) is 3.23. The summed E-state index contributed by atoms with van der Waals surface area (Å²) >= 11 is 0. The Hall–Kier alpha value is -2.18. The van der Waals surface area contributed by atoms with E-state index in [-0.39, 0.29) is 23.7 Å². The Morgan fingerprint density at radius 3 is 2.25 bits per heavy atom. The molecular formula is C17H22N4O3. The highest BCUT2D eigenvalue weighted by atomic mass is 16.4. The standard InChI is InChI=1S/C17H22N4O3/c22-15(13-11-2-3-12(10-11)14(13)16(23)24)20-6-8-21(9-7-20)17-18-4-1-5-19-17/h1,4-5,11-14H,2-3,6-10H2,(H,23,24)/t11-,12+,13-,14+/m0/s1. The van der Waals surface area contributed by atoms with Crippen molar-refractivity contribution in [3.05, 3.63) is 18.5 Å². The number of anilines is 1. The Balaban J connectivity index is 1.42. The van der Waals surface area contributed by atoms with Crippen LogP contribution < -0.4 is 4.90 Å². The SMILES string of the molecule is O=C(O)[C@@H]1[C@@H]2CC[C@@H](C2)[C@@H]1C(=O)N1CCN(c2ncccn2)CC1. The summed E-state index contributed by atoms with van der Waals surface area (Å²) in [5.74, 6) is -0.403. The first-order chi connectivity index (χ1) is 11.6. The van der Waals surface area contributed by atoms with Crippen LogP contribution >= 0.6 is 0 Å². The molecule has 0 unspecified atom stereocenters. The molecule has 24 heavy (non-hydrogen) atoms. The number of carbonyl (C=O) groups excluding carboxylic acids is 1. The van der Waals surface area contributed by atoms with Crippen molar-refractivity contribution in [1.82, 2.24) is 14.9 Å². The molecule has 2 heterocycles. The molecule has 0 spiro atoms. The van der Waals surface area contributed by atoms with Crippen molar-refractivity contribution < 1.29 is 14.7 Å². The maximum absolute atomic E-state index is 13.0. The molecule has 3 aliphatic rings. The lowest BCUT2D eigenvalue weighted by molar-refractivity contribution is -0.153. The maximum Gasteiger partial charge on any atom is 0.307 e. The van der Waals surface area contributed by atoms with Crippen LogP contribution in [0.15, 0.2) is 18.5 Å². The molecule has 1 aromatic rings. The zero-order chi connectivity index (χ0) is 16.7. The number of aromatic nitrogens is 2. The Morgan fingerprint density at radius 1 is 1.00 bits per heavy atom. The van der Waals surface area contributed by atoms with E-state index in [2.05, 4.69) is 14.9 Å². The zero-order valence-electron chi connectivity index (χ0n) is 13.5. The highest BCUT2D eigenvalue weighted by molar-refractivity contribution is 5.86.